The first-order valence-corrected chi connectivity index (χ1v) is 21.1. The molecule has 4 aliphatic heterocycles. The van der Waals surface area contributed by atoms with Gasteiger partial charge in [0.1, 0.15) is 36.0 Å². The van der Waals surface area contributed by atoms with Crippen LogP contribution in [0.25, 0.3) is 22.1 Å². The van der Waals surface area contributed by atoms with Gasteiger partial charge in [-0.2, -0.15) is 0 Å². The molecule has 14 nitrogen and oxygen atoms in total. The molecule has 0 spiro atoms. The highest BCUT2D eigenvalue weighted by molar-refractivity contribution is 8.00. The molecule has 15 heteroatoms. The van der Waals surface area contributed by atoms with Crippen molar-refractivity contribution in [3.8, 4) is 11.5 Å². The number of hydrogen-bond donors (Lipinski definition) is 3. The van der Waals surface area contributed by atoms with Gasteiger partial charge in [0.05, 0.1) is 27.8 Å². The molecule has 3 aromatic carbocycles. The lowest BCUT2D eigenvalue weighted by Crippen LogP contribution is -2.44. The second kappa shape index (κ2) is 15.5. The number of imide groups is 3. The minimum absolute atomic E-state index is 0.0172. The smallest absolute Gasteiger partial charge is 0.348 e. The first-order valence-electron chi connectivity index (χ1n) is 20.0. The number of thioether (sulfide) groups is 1. The number of carboxylic acids is 2. The molecule has 0 bridgehead atoms. The van der Waals surface area contributed by atoms with Crippen LogP contribution in [-0.2, 0) is 25.6 Å². The number of nitrogens with zero attached hydrogens (tertiary/aromatic N) is 3. The molecule has 60 heavy (non-hydrogen) atoms. The number of carboxylic acid groups (broad SMARTS) is 2. The van der Waals surface area contributed by atoms with Gasteiger partial charge in [-0.3, -0.25) is 19.2 Å². The summed E-state index contributed by atoms with van der Waals surface area (Å²) in [6, 6.07) is 13.1. The number of carbonyl (C=O) groups excluding carboxylic acids is 3. The molecule has 0 saturated carbocycles. The summed E-state index contributed by atoms with van der Waals surface area (Å²) in [4.78, 5) is 80.0. The van der Waals surface area contributed by atoms with E-state index in [0.29, 0.717) is 70.4 Å². The van der Waals surface area contributed by atoms with Gasteiger partial charge in [-0.25, -0.2) is 19.1 Å². The van der Waals surface area contributed by atoms with Crippen molar-refractivity contribution in [1.29, 1.82) is 0 Å². The Balaban J connectivity index is 1.20. The predicted molar refractivity (Wildman–Crippen MR) is 226 cm³/mol. The zero-order chi connectivity index (χ0) is 42.8. The van der Waals surface area contributed by atoms with Crippen molar-refractivity contribution < 1.29 is 43.3 Å². The van der Waals surface area contributed by atoms with Crippen molar-refractivity contribution >= 4 is 69.2 Å². The summed E-state index contributed by atoms with van der Waals surface area (Å²) in [7, 11) is 0. The highest BCUT2D eigenvalue weighted by Crippen LogP contribution is 2.45. The summed E-state index contributed by atoms with van der Waals surface area (Å²) in [5.41, 5.74) is 9.74. The van der Waals surface area contributed by atoms with E-state index >= 15 is 0 Å². The highest BCUT2D eigenvalue weighted by Gasteiger charge is 2.43. The average molecular weight is 834 g/mol. The van der Waals surface area contributed by atoms with Crippen molar-refractivity contribution in [2.45, 2.75) is 76.6 Å². The van der Waals surface area contributed by atoms with Crippen LogP contribution in [0.4, 0.5) is 5.69 Å². The number of allylic oxidation sites excluding steroid dienone is 1. The Morgan fingerprint density at radius 2 is 1.83 bits per heavy atom. The number of carbonyl (C=O) groups is 5. The number of rotatable bonds is 11. The molecule has 8 rings (SSSR count). The third-order valence-corrected chi connectivity index (χ3v) is 13.1. The van der Waals surface area contributed by atoms with E-state index in [1.807, 2.05) is 31.2 Å². The normalized spacial score (nSPS) is 18.4. The Hall–Kier alpha value is -6.06. The van der Waals surface area contributed by atoms with Crippen molar-refractivity contribution in [2.24, 2.45) is 5.73 Å². The van der Waals surface area contributed by atoms with Crippen molar-refractivity contribution in [3.05, 3.63) is 103 Å². The molecule has 1 aromatic heterocycles. The Morgan fingerprint density at radius 3 is 2.57 bits per heavy atom. The van der Waals surface area contributed by atoms with Gasteiger partial charge in [-0.15, -0.1) is 11.8 Å². The third-order valence-electron chi connectivity index (χ3n) is 11.8. The fourth-order valence-corrected chi connectivity index (χ4v) is 10.2. The molecule has 1 fully saturated rings. The molecular weight excluding hydrogens is 789 g/mol. The van der Waals surface area contributed by atoms with Gasteiger partial charge >= 0.3 is 17.6 Å². The van der Waals surface area contributed by atoms with E-state index in [-0.39, 0.29) is 41.0 Å². The van der Waals surface area contributed by atoms with Crippen LogP contribution in [0.5, 0.6) is 11.5 Å². The molecule has 0 aliphatic carbocycles. The van der Waals surface area contributed by atoms with Gasteiger partial charge < -0.3 is 30.0 Å². The molecule has 2 unspecified atom stereocenters. The molecule has 5 heterocycles. The number of anilines is 1. The lowest BCUT2D eigenvalue weighted by Gasteiger charge is -2.42. The summed E-state index contributed by atoms with van der Waals surface area (Å²) >= 11 is 0.960. The summed E-state index contributed by atoms with van der Waals surface area (Å²) in [6.07, 6.45) is 3.73. The van der Waals surface area contributed by atoms with Crippen LogP contribution in [0.3, 0.4) is 0 Å². The second-order valence-corrected chi connectivity index (χ2v) is 17.4. The van der Waals surface area contributed by atoms with Gasteiger partial charge in [-0.1, -0.05) is 24.3 Å². The summed E-state index contributed by atoms with van der Waals surface area (Å²) in [5.74, 6) is -3.63. The SMILES string of the molecule is CCN1c2cc3oc(=O)c4c(c3cc2C(C)=CC1(C)C)Oc1cc2c(cc1=C4c1ccccc1C(=O)O)CCC[N+]=2CCCC(=O)N1C(=O)CC(SCC(N)C(=O)O)C1=O. The lowest BCUT2D eigenvalue weighted by molar-refractivity contribution is -0.149. The number of likely N-dealkylation sites (N-methyl/N-ethyl adjacent to an activating group) is 1. The number of benzene rings is 3. The first kappa shape index (κ1) is 40.7. The number of amides is 3. The van der Waals surface area contributed by atoms with Crippen molar-refractivity contribution in [1.82, 2.24) is 9.48 Å². The van der Waals surface area contributed by atoms with E-state index < -0.39 is 46.6 Å². The number of aliphatic carboxylic acids is 1. The number of nitrogens with two attached hydrogens (primary N) is 1. The maximum atomic E-state index is 14.3. The Bertz CT molecular complexity index is 2790. The van der Waals surface area contributed by atoms with Crippen LogP contribution in [-0.4, -0.2) is 87.0 Å². The minimum Gasteiger partial charge on any atom is -0.480 e. The second-order valence-electron chi connectivity index (χ2n) is 16.1. The molecule has 4 aromatic rings. The van der Waals surface area contributed by atoms with Crippen LogP contribution in [0.2, 0.25) is 0 Å². The standard InChI is InChI=1S/C45H44N4O10S/c1-5-48-32-19-34-29(17-27(32)23(2)21-45(48,3)4)40-39(44(57)59-34)38(25-11-6-7-12-26(25)42(53)54)28-16-24-10-8-14-47(31(24)18-33(28)58-40)15-9-13-36(50)49-37(51)20-35(41(49)52)60-22-30(46)43(55)56/h6-7,11-12,16-19,21,30,35H,5,8-10,13-15,20,22,46H2,1-4H3,(H-,53,54,55,56)/p+1. The average Bonchev–Trinajstić information content (AvgIpc) is 3.49. The van der Waals surface area contributed by atoms with Gasteiger partial charge in [0.25, 0.3) is 0 Å². The zero-order valence-electron chi connectivity index (χ0n) is 33.7. The number of fused-ring (bicyclic) bond motifs is 6. The van der Waals surface area contributed by atoms with E-state index in [1.165, 1.54) is 6.07 Å². The van der Waals surface area contributed by atoms with Crippen LogP contribution in [0.15, 0.2) is 63.8 Å². The topological polar surface area (TPSA) is 201 Å². The fourth-order valence-electron chi connectivity index (χ4n) is 9.08. The third kappa shape index (κ3) is 6.98. The van der Waals surface area contributed by atoms with E-state index in [9.17, 15) is 33.9 Å². The van der Waals surface area contributed by atoms with Crippen LogP contribution in [0.1, 0.15) is 86.0 Å². The predicted octanol–water partition coefficient (Wildman–Crippen LogP) is 3.88. The van der Waals surface area contributed by atoms with Gasteiger partial charge in [0.15, 0.2) is 5.75 Å². The van der Waals surface area contributed by atoms with E-state index in [4.69, 9.17) is 20.0 Å². The Labute approximate surface area is 348 Å². The van der Waals surface area contributed by atoms with Crippen molar-refractivity contribution in [2.75, 3.05) is 30.3 Å². The highest BCUT2D eigenvalue weighted by atomic mass is 32.2. The van der Waals surface area contributed by atoms with Gasteiger partial charge in [0.2, 0.25) is 23.1 Å². The Morgan fingerprint density at radius 1 is 1.07 bits per heavy atom. The molecular formula is C45H45N4O10S+. The van der Waals surface area contributed by atoms with E-state index in [0.717, 1.165) is 45.9 Å². The summed E-state index contributed by atoms with van der Waals surface area (Å²) in [6.45, 7) is 10.2. The summed E-state index contributed by atoms with van der Waals surface area (Å²) in [5, 5.41) is 20.5. The van der Waals surface area contributed by atoms with E-state index in [2.05, 4.69) is 36.3 Å². The number of ether oxygens (including phenoxy) is 1. The fraction of sp³-hybridized carbons (Fsp3) is 0.356. The van der Waals surface area contributed by atoms with Gasteiger partial charge in [-0.05, 0) is 63.5 Å². The number of aromatic carboxylic acids is 1. The lowest BCUT2D eigenvalue weighted by atomic mass is 9.86. The van der Waals surface area contributed by atoms with Crippen molar-refractivity contribution in [3.63, 3.8) is 0 Å². The maximum absolute atomic E-state index is 14.3. The molecule has 0 radical (unpaired) electrons. The number of hydrogen-bond acceptors (Lipinski definition) is 11. The van der Waals surface area contributed by atoms with Gasteiger partial charge in [0, 0.05) is 71.7 Å². The van der Waals surface area contributed by atoms with Crippen LogP contribution >= 0.6 is 11.8 Å². The molecule has 4 N–H and O–H groups in total. The van der Waals surface area contributed by atoms with Crippen LogP contribution in [0, 0.1) is 0 Å². The Kier molecular flexibility index (Phi) is 10.5. The molecule has 3 amide bonds. The molecule has 2 atom stereocenters. The zero-order valence-corrected chi connectivity index (χ0v) is 34.5. The quantitative estimate of drug-likeness (QED) is 0.0985. The maximum Gasteiger partial charge on any atom is 0.348 e. The monoisotopic (exact) mass is 833 g/mol. The van der Waals surface area contributed by atoms with Crippen LogP contribution < -0.4 is 36.1 Å². The largest absolute Gasteiger partial charge is 0.480 e. The van der Waals surface area contributed by atoms with E-state index in [1.54, 1.807) is 18.2 Å². The minimum atomic E-state index is -1.22. The number of likely N-dealkylation sites (tertiary alicyclic amines) is 1. The molecule has 4 aliphatic rings. The number of aryl methyl sites for hydroxylation is 1. The molecule has 310 valence electrons. The molecule has 1 saturated heterocycles. The first-order chi connectivity index (χ1) is 28.6. The summed E-state index contributed by atoms with van der Waals surface area (Å²) < 4.78 is 15.0.